The quantitative estimate of drug-likeness (QED) is 0.869. The average molecular weight is 281 g/mol. The van der Waals surface area contributed by atoms with Gasteiger partial charge in [-0.25, -0.2) is 5.06 Å². The molecule has 1 heterocycles. The summed E-state index contributed by atoms with van der Waals surface area (Å²) in [5, 5.41) is 11.8. The molecule has 0 amide bonds. The Bertz CT molecular complexity index is 622. The van der Waals surface area contributed by atoms with Gasteiger partial charge in [-0.1, -0.05) is 60.7 Å². The van der Waals surface area contributed by atoms with E-state index in [-0.39, 0.29) is 6.10 Å². The van der Waals surface area contributed by atoms with Crippen LogP contribution in [0, 0.1) is 0 Å². The molecule has 0 saturated carbocycles. The monoisotopic (exact) mass is 281 g/mol. The highest BCUT2D eigenvalue weighted by Crippen LogP contribution is 2.31. The minimum absolute atomic E-state index is 0.0954. The van der Waals surface area contributed by atoms with E-state index in [4.69, 9.17) is 4.84 Å². The molecule has 0 unspecified atom stereocenters. The third-order valence-corrected chi connectivity index (χ3v) is 3.61. The molecular formula is C18H19NO2. The van der Waals surface area contributed by atoms with Crippen molar-refractivity contribution in [3.05, 3.63) is 77.9 Å². The number of aliphatic hydroxyl groups excluding tert-OH is 1. The Kier molecular flexibility index (Phi) is 4.04. The predicted molar refractivity (Wildman–Crippen MR) is 83.8 cm³/mol. The normalized spacial score (nSPS) is 19.5. The van der Waals surface area contributed by atoms with E-state index in [2.05, 4.69) is 24.3 Å². The maximum absolute atomic E-state index is 9.92. The zero-order valence-corrected chi connectivity index (χ0v) is 12.0. The van der Waals surface area contributed by atoms with Gasteiger partial charge in [0.15, 0.2) is 0 Å². The van der Waals surface area contributed by atoms with E-state index < -0.39 is 6.10 Å². The Balaban J connectivity index is 1.87. The van der Waals surface area contributed by atoms with E-state index in [1.54, 1.807) is 6.92 Å². The fraction of sp³-hybridized carbons (Fsp3) is 0.222. The van der Waals surface area contributed by atoms with Crippen molar-refractivity contribution >= 4 is 5.69 Å². The van der Waals surface area contributed by atoms with E-state index in [1.165, 1.54) is 0 Å². The van der Waals surface area contributed by atoms with Crippen LogP contribution in [0.15, 0.2) is 66.7 Å². The topological polar surface area (TPSA) is 32.7 Å². The van der Waals surface area contributed by atoms with E-state index in [0.717, 1.165) is 16.8 Å². The Hall–Kier alpha value is -2.10. The first-order valence-corrected chi connectivity index (χ1v) is 7.18. The fourth-order valence-electron chi connectivity index (χ4n) is 2.53. The second-order valence-electron chi connectivity index (χ2n) is 5.16. The first kappa shape index (κ1) is 13.9. The van der Waals surface area contributed by atoms with Crippen molar-refractivity contribution in [2.45, 2.75) is 19.1 Å². The van der Waals surface area contributed by atoms with E-state index in [0.29, 0.717) is 6.54 Å². The van der Waals surface area contributed by atoms with Gasteiger partial charge in [0, 0.05) is 5.56 Å². The Morgan fingerprint density at radius 2 is 1.81 bits per heavy atom. The van der Waals surface area contributed by atoms with Gasteiger partial charge in [-0.15, -0.1) is 0 Å². The van der Waals surface area contributed by atoms with Gasteiger partial charge >= 0.3 is 0 Å². The molecule has 0 aromatic heterocycles. The average Bonchev–Trinajstić information content (AvgIpc) is 2.56. The van der Waals surface area contributed by atoms with Gasteiger partial charge in [0.1, 0.15) is 6.10 Å². The molecule has 2 aromatic rings. The lowest BCUT2D eigenvalue weighted by atomic mass is 10.1. The van der Waals surface area contributed by atoms with Crippen LogP contribution in [-0.2, 0) is 4.84 Å². The zero-order valence-electron chi connectivity index (χ0n) is 12.0. The summed E-state index contributed by atoms with van der Waals surface area (Å²) in [6.45, 7) is 2.44. The molecule has 0 radical (unpaired) electrons. The molecule has 0 fully saturated rings. The highest BCUT2D eigenvalue weighted by Gasteiger charge is 2.21. The molecule has 2 aromatic carbocycles. The summed E-state index contributed by atoms with van der Waals surface area (Å²) in [5.41, 5.74) is 2.91. The van der Waals surface area contributed by atoms with Gasteiger partial charge in [-0.2, -0.15) is 0 Å². The van der Waals surface area contributed by atoms with Crippen molar-refractivity contribution < 1.29 is 9.94 Å². The third kappa shape index (κ3) is 2.99. The van der Waals surface area contributed by atoms with Crippen molar-refractivity contribution in [1.29, 1.82) is 0 Å². The predicted octanol–water partition coefficient (Wildman–Crippen LogP) is 3.79. The number of rotatable bonds is 3. The van der Waals surface area contributed by atoms with Crippen LogP contribution < -0.4 is 5.06 Å². The minimum Gasteiger partial charge on any atom is -0.389 e. The third-order valence-electron chi connectivity index (χ3n) is 3.61. The first-order valence-electron chi connectivity index (χ1n) is 7.18. The number of benzene rings is 2. The molecule has 1 aliphatic heterocycles. The summed E-state index contributed by atoms with van der Waals surface area (Å²) < 4.78 is 0. The van der Waals surface area contributed by atoms with E-state index in [1.807, 2.05) is 47.5 Å². The van der Waals surface area contributed by atoms with Gasteiger partial charge in [0.05, 0.1) is 18.3 Å². The summed E-state index contributed by atoms with van der Waals surface area (Å²) in [6, 6.07) is 17.9. The first-order chi connectivity index (χ1) is 10.3. The summed E-state index contributed by atoms with van der Waals surface area (Å²) in [6.07, 6.45) is 3.55. The van der Waals surface area contributed by atoms with Crippen molar-refractivity contribution in [2.75, 3.05) is 11.6 Å². The van der Waals surface area contributed by atoms with Crippen LogP contribution in [0.3, 0.4) is 0 Å². The second-order valence-corrected chi connectivity index (χ2v) is 5.16. The van der Waals surface area contributed by atoms with E-state index >= 15 is 0 Å². The van der Waals surface area contributed by atoms with Crippen molar-refractivity contribution in [1.82, 2.24) is 0 Å². The summed E-state index contributed by atoms with van der Waals surface area (Å²) in [7, 11) is 0. The number of hydrogen-bond acceptors (Lipinski definition) is 3. The molecule has 3 rings (SSSR count). The van der Waals surface area contributed by atoms with Gasteiger partial charge in [0.25, 0.3) is 0 Å². The lowest BCUT2D eigenvalue weighted by molar-refractivity contribution is 0.0571. The van der Waals surface area contributed by atoms with Crippen molar-refractivity contribution in [3.63, 3.8) is 0 Å². The lowest BCUT2D eigenvalue weighted by Gasteiger charge is -2.32. The smallest absolute Gasteiger partial charge is 0.129 e. The number of anilines is 1. The number of nitrogens with zero attached hydrogens (tertiary/aromatic N) is 1. The maximum atomic E-state index is 9.92. The molecule has 0 spiro atoms. The van der Waals surface area contributed by atoms with Gasteiger partial charge < -0.3 is 5.11 Å². The van der Waals surface area contributed by atoms with E-state index in [9.17, 15) is 5.11 Å². The molecule has 108 valence electrons. The van der Waals surface area contributed by atoms with Crippen LogP contribution in [0.2, 0.25) is 0 Å². The zero-order chi connectivity index (χ0) is 14.7. The fourth-order valence-corrected chi connectivity index (χ4v) is 2.53. The minimum atomic E-state index is -0.522. The number of hydroxylamine groups is 1. The second kappa shape index (κ2) is 6.12. The highest BCUT2D eigenvalue weighted by atomic mass is 16.7. The molecule has 0 aliphatic carbocycles. The number of hydrogen-bond donors (Lipinski definition) is 1. The summed E-state index contributed by atoms with van der Waals surface area (Å²) >= 11 is 0. The summed E-state index contributed by atoms with van der Waals surface area (Å²) in [4.78, 5) is 6.08. The van der Waals surface area contributed by atoms with Gasteiger partial charge in [-0.05, 0) is 18.6 Å². The van der Waals surface area contributed by atoms with Crippen LogP contribution in [0.4, 0.5) is 5.69 Å². The molecule has 3 heteroatoms. The molecule has 21 heavy (non-hydrogen) atoms. The Labute approximate surface area is 125 Å². The molecule has 2 atom stereocenters. The van der Waals surface area contributed by atoms with Crippen LogP contribution in [0.1, 0.15) is 30.3 Å². The molecule has 0 bridgehead atoms. The largest absolute Gasteiger partial charge is 0.389 e. The Morgan fingerprint density at radius 1 is 1.10 bits per heavy atom. The van der Waals surface area contributed by atoms with Crippen LogP contribution >= 0.6 is 0 Å². The lowest BCUT2D eigenvalue weighted by Crippen LogP contribution is -2.30. The molecular weight excluding hydrogens is 262 g/mol. The SMILES string of the molecule is C[C@@H](O)c1ccccc1N1CC=C[C@H](c2ccccc2)O1. The van der Waals surface area contributed by atoms with Gasteiger partial charge in [0.2, 0.25) is 0 Å². The Morgan fingerprint density at radius 3 is 2.57 bits per heavy atom. The molecule has 1 N–H and O–H groups in total. The van der Waals surface area contributed by atoms with Crippen LogP contribution in [0.25, 0.3) is 0 Å². The van der Waals surface area contributed by atoms with Crippen molar-refractivity contribution in [3.8, 4) is 0 Å². The molecule has 3 nitrogen and oxygen atoms in total. The maximum Gasteiger partial charge on any atom is 0.129 e. The summed E-state index contributed by atoms with van der Waals surface area (Å²) in [5.74, 6) is 0. The van der Waals surface area contributed by atoms with Crippen LogP contribution in [-0.4, -0.2) is 11.7 Å². The van der Waals surface area contributed by atoms with Crippen molar-refractivity contribution in [2.24, 2.45) is 0 Å². The van der Waals surface area contributed by atoms with Crippen LogP contribution in [0.5, 0.6) is 0 Å². The van der Waals surface area contributed by atoms with Gasteiger partial charge in [-0.3, -0.25) is 4.84 Å². The highest BCUT2D eigenvalue weighted by molar-refractivity contribution is 5.53. The number of para-hydroxylation sites is 1. The standard InChI is InChI=1S/C18H19NO2/c1-14(20)16-10-5-6-11-17(16)19-13-7-12-18(21-19)15-8-3-2-4-9-15/h2-12,14,18,20H,13H2,1H3/t14-,18-/m1/s1. The molecule has 0 saturated heterocycles. The number of aliphatic hydroxyl groups is 1. The molecule has 1 aliphatic rings.